The van der Waals surface area contributed by atoms with Crippen molar-refractivity contribution in [3.63, 3.8) is 0 Å². The van der Waals surface area contributed by atoms with Gasteiger partial charge in [-0.1, -0.05) is 51.4 Å². The van der Waals surface area contributed by atoms with Crippen molar-refractivity contribution >= 4 is 11.6 Å². The summed E-state index contributed by atoms with van der Waals surface area (Å²) in [5.74, 6) is 2.00. The standard InChI is InChI=1S/C16H26ClN/c1-12(2)9-15(11-18-10-13(3)4)14-5-7-16(17)8-6-14/h5-8,12-13,15,18H,9-11H2,1-4H3. The Bertz CT molecular complexity index is 329. The molecule has 18 heavy (non-hydrogen) atoms. The minimum absolute atomic E-state index is 0.584. The van der Waals surface area contributed by atoms with Crippen molar-refractivity contribution in [2.45, 2.75) is 40.0 Å². The van der Waals surface area contributed by atoms with Gasteiger partial charge in [-0.05, 0) is 48.4 Å². The highest BCUT2D eigenvalue weighted by molar-refractivity contribution is 6.30. The summed E-state index contributed by atoms with van der Waals surface area (Å²) in [5, 5.41) is 4.39. The molecule has 1 N–H and O–H groups in total. The number of halogens is 1. The lowest BCUT2D eigenvalue weighted by Gasteiger charge is -2.21. The van der Waals surface area contributed by atoms with E-state index in [1.54, 1.807) is 0 Å². The third-order valence-corrected chi connectivity index (χ3v) is 3.29. The molecule has 0 bridgehead atoms. The van der Waals surface area contributed by atoms with E-state index < -0.39 is 0 Å². The molecule has 0 radical (unpaired) electrons. The predicted octanol–water partition coefficient (Wildman–Crippen LogP) is 4.72. The normalized spacial score (nSPS) is 13.3. The fourth-order valence-electron chi connectivity index (χ4n) is 2.19. The first-order valence-electron chi connectivity index (χ1n) is 6.95. The summed E-state index contributed by atoms with van der Waals surface area (Å²) in [6.45, 7) is 11.2. The Kier molecular flexibility index (Phi) is 6.73. The Hall–Kier alpha value is -0.530. The van der Waals surface area contributed by atoms with Crippen LogP contribution in [0, 0.1) is 11.8 Å². The average Bonchev–Trinajstić information content (AvgIpc) is 2.28. The Morgan fingerprint density at radius 1 is 0.944 bits per heavy atom. The van der Waals surface area contributed by atoms with Crippen molar-refractivity contribution in [3.8, 4) is 0 Å². The zero-order valence-corrected chi connectivity index (χ0v) is 12.8. The van der Waals surface area contributed by atoms with Gasteiger partial charge in [0, 0.05) is 11.6 Å². The Morgan fingerprint density at radius 2 is 1.56 bits per heavy atom. The lowest BCUT2D eigenvalue weighted by atomic mass is 9.90. The summed E-state index contributed by atoms with van der Waals surface area (Å²) in [6, 6.07) is 8.30. The van der Waals surface area contributed by atoms with E-state index >= 15 is 0 Å². The summed E-state index contributed by atoms with van der Waals surface area (Å²) < 4.78 is 0. The van der Waals surface area contributed by atoms with Crippen molar-refractivity contribution in [3.05, 3.63) is 34.9 Å². The molecular weight excluding hydrogens is 242 g/mol. The summed E-state index contributed by atoms with van der Waals surface area (Å²) in [5.41, 5.74) is 1.39. The molecule has 0 saturated heterocycles. The lowest BCUT2D eigenvalue weighted by molar-refractivity contribution is 0.452. The molecule has 0 heterocycles. The van der Waals surface area contributed by atoms with Crippen molar-refractivity contribution in [2.24, 2.45) is 11.8 Å². The van der Waals surface area contributed by atoms with Crippen LogP contribution in [0.5, 0.6) is 0 Å². The van der Waals surface area contributed by atoms with Crippen LogP contribution in [-0.4, -0.2) is 13.1 Å². The summed E-state index contributed by atoms with van der Waals surface area (Å²) in [7, 11) is 0. The number of rotatable bonds is 7. The summed E-state index contributed by atoms with van der Waals surface area (Å²) in [6.07, 6.45) is 1.22. The van der Waals surface area contributed by atoms with Crippen LogP contribution >= 0.6 is 11.6 Å². The molecule has 0 aromatic heterocycles. The first kappa shape index (κ1) is 15.5. The second kappa shape index (κ2) is 7.81. The summed E-state index contributed by atoms with van der Waals surface area (Å²) in [4.78, 5) is 0. The van der Waals surface area contributed by atoms with Crippen LogP contribution in [0.1, 0.15) is 45.6 Å². The Morgan fingerprint density at radius 3 is 2.06 bits per heavy atom. The maximum Gasteiger partial charge on any atom is 0.0406 e. The molecule has 0 aliphatic carbocycles. The molecule has 0 aliphatic rings. The van der Waals surface area contributed by atoms with Gasteiger partial charge >= 0.3 is 0 Å². The quantitative estimate of drug-likeness (QED) is 0.754. The molecule has 0 aliphatic heterocycles. The molecular formula is C16H26ClN. The van der Waals surface area contributed by atoms with Crippen LogP contribution in [-0.2, 0) is 0 Å². The number of nitrogens with one attached hydrogen (secondary N) is 1. The molecule has 1 nitrogen and oxygen atoms in total. The minimum Gasteiger partial charge on any atom is -0.316 e. The van der Waals surface area contributed by atoms with Crippen molar-refractivity contribution in [1.29, 1.82) is 0 Å². The molecule has 102 valence electrons. The molecule has 1 unspecified atom stereocenters. The van der Waals surface area contributed by atoms with Gasteiger partial charge in [0.15, 0.2) is 0 Å². The van der Waals surface area contributed by atoms with E-state index in [9.17, 15) is 0 Å². The average molecular weight is 268 g/mol. The van der Waals surface area contributed by atoms with Crippen LogP contribution in [0.15, 0.2) is 24.3 Å². The monoisotopic (exact) mass is 267 g/mol. The topological polar surface area (TPSA) is 12.0 Å². The maximum atomic E-state index is 5.95. The molecule has 1 atom stereocenters. The fourth-order valence-corrected chi connectivity index (χ4v) is 2.31. The third-order valence-electron chi connectivity index (χ3n) is 3.04. The highest BCUT2D eigenvalue weighted by Gasteiger charge is 2.13. The van der Waals surface area contributed by atoms with Crippen LogP contribution in [0.3, 0.4) is 0 Å². The van der Waals surface area contributed by atoms with Crippen molar-refractivity contribution < 1.29 is 0 Å². The fraction of sp³-hybridized carbons (Fsp3) is 0.625. The van der Waals surface area contributed by atoms with E-state index in [0.717, 1.165) is 18.1 Å². The van der Waals surface area contributed by atoms with Crippen LogP contribution in [0.25, 0.3) is 0 Å². The Labute approximate surface area is 117 Å². The van der Waals surface area contributed by atoms with E-state index in [1.165, 1.54) is 12.0 Å². The van der Waals surface area contributed by atoms with E-state index in [-0.39, 0.29) is 0 Å². The molecule has 0 fully saturated rings. The predicted molar refractivity (Wildman–Crippen MR) is 81.4 cm³/mol. The molecule has 2 heteroatoms. The van der Waals surface area contributed by atoms with Gasteiger partial charge in [0.05, 0.1) is 0 Å². The maximum absolute atomic E-state index is 5.95. The first-order chi connectivity index (χ1) is 8.49. The van der Waals surface area contributed by atoms with E-state index in [1.807, 2.05) is 12.1 Å². The highest BCUT2D eigenvalue weighted by atomic mass is 35.5. The SMILES string of the molecule is CC(C)CNCC(CC(C)C)c1ccc(Cl)cc1. The highest BCUT2D eigenvalue weighted by Crippen LogP contribution is 2.24. The number of hydrogen-bond acceptors (Lipinski definition) is 1. The van der Waals surface area contributed by atoms with E-state index in [4.69, 9.17) is 11.6 Å². The van der Waals surface area contributed by atoms with Gasteiger partial charge in [0.25, 0.3) is 0 Å². The third kappa shape index (κ3) is 5.88. The van der Waals surface area contributed by atoms with Crippen LogP contribution < -0.4 is 5.32 Å². The molecule has 0 saturated carbocycles. The molecule has 1 aromatic carbocycles. The van der Waals surface area contributed by atoms with Crippen molar-refractivity contribution in [2.75, 3.05) is 13.1 Å². The molecule has 1 aromatic rings. The second-order valence-corrected chi connectivity index (χ2v) is 6.37. The van der Waals surface area contributed by atoms with Gasteiger partial charge in [-0.15, -0.1) is 0 Å². The molecule has 0 amide bonds. The van der Waals surface area contributed by atoms with Gasteiger partial charge in [-0.25, -0.2) is 0 Å². The number of benzene rings is 1. The second-order valence-electron chi connectivity index (χ2n) is 5.93. The van der Waals surface area contributed by atoms with E-state index in [2.05, 4.69) is 45.1 Å². The largest absolute Gasteiger partial charge is 0.316 e. The summed E-state index contributed by atoms with van der Waals surface area (Å²) >= 11 is 5.95. The molecule has 1 rings (SSSR count). The lowest BCUT2D eigenvalue weighted by Crippen LogP contribution is -2.26. The smallest absolute Gasteiger partial charge is 0.0406 e. The Balaban J connectivity index is 2.62. The zero-order valence-electron chi connectivity index (χ0n) is 12.0. The zero-order chi connectivity index (χ0) is 13.5. The number of hydrogen-bond donors (Lipinski definition) is 1. The van der Waals surface area contributed by atoms with Gasteiger partial charge in [0.1, 0.15) is 0 Å². The van der Waals surface area contributed by atoms with Gasteiger partial charge in [0.2, 0.25) is 0 Å². The first-order valence-corrected chi connectivity index (χ1v) is 7.33. The van der Waals surface area contributed by atoms with Gasteiger partial charge < -0.3 is 5.32 Å². The van der Waals surface area contributed by atoms with Gasteiger partial charge in [-0.2, -0.15) is 0 Å². The minimum atomic E-state index is 0.584. The van der Waals surface area contributed by atoms with E-state index in [0.29, 0.717) is 17.8 Å². The van der Waals surface area contributed by atoms with Crippen molar-refractivity contribution in [1.82, 2.24) is 5.32 Å². The van der Waals surface area contributed by atoms with Crippen LogP contribution in [0.2, 0.25) is 5.02 Å². The van der Waals surface area contributed by atoms with Gasteiger partial charge in [-0.3, -0.25) is 0 Å². The van der Waals surface area contributed by atoms with Crippen LogP contribution in [0.4, 0.5) is 0 Å². The molecule has 0 spiro atoms.